The van der Waals surface area contributed by atoms with Crippen molar-refractivity contribution in [1.29, 1.82) is 0 Å². The normalized spacial score (nSPS) is 11.1. The maximum Gasteiger partial charge on any atom is 0.352 e. The Kier molecular flexibility index (Phi) is 4.82. The zero-order valence-electron chi connectivity index (χ0n) is 15.6. The minimum Gasteiger partial charge on any atom is -0.322 e. The molecule has 0 spiro atoms. The van der Waals surface area contributed by atoms with Crippen molar-refractivity contribution < 1.29 is 18.0 Å². The Morgan fingerprint density at radius 3 is 2.43 bits per heavy atom. The van der Waals surface area contributed by atoms with Gasteiger partial charge < -0.3 is 5.32 Å². The molecule has 2 aromatic heterocycles. The zero-order chi connectivity index (χ0) is 21.4. The van der Waals surface area contributed by atoms with Crippen LogP contribution in [0.5, 0.6) is 0 Å². The molecule has 4 aromatic rings. The van der Waals surface area contributed by atoms with E-state index in [1.165, 1.54) is 28.7 Å². The monoisotopic (exact) mass is 413 g/mol. The molecule has 30 heavy (non-hydrogen) atoms. The van der Waals surface area contributed by atoms with Gasteiger partial charge >= 0.3 is 5.69 Å². The van der Waals surface area contributed by atoms with E-state index in [1.54, 1.807) is 13.0 Å². The van der Waals surface area contributed by atoms with Crippen LogP contribution < -0.4 is 11.0 Å². The second-order valence-corrected chi connectivity index (χ2v) is 6.53. The summed E-state index contributed by atoms with van der Waals surface area (Å²) in [5.74, 6) is -2.64. The van der Waals surface area contributed by atoms with Crippen molar-refractivity contribution in [2.45, 2.75) is 13.5 Å². The Morgan fingerprint density at radius 2 is 1.73 bits per heavy atom. The van der Waals surface area contributed by atoms with E-state index in [1.807, 2.05) is 0 Å². The third-order valence-electron chi connectivity index (χ3n) is 4.30. The van der Waals surface area contributed by atoms with Crippen molar-refractivity contribution in [2.75, 3.05) is 5.32 Å². The fraction of sp³-hybridized carbons (Fsp3) is 0.100. The topological polar surface area (TPSA) is 81.3 Å². The number of nitrogens with one attached hydrogen (secondary N) is 1. The fourth-order valence-electron chi connectivity index (χ4n) is 2.97. The second-order valence-electron chi connectivity index (χ2n) is 6.53. The number of nitrogens with zero attached hydrogens (tertiary/aromatic N) is 4. The summed E-state index contributed by atoms with van der Waals surface area (Å²) in [6.45, 7) is 1.21. The van der Waals surface area contributed by atoms with Crippen LogP contribution in [0, 0.1) is 24.4 Å². The minimum atomic E-state index is -0.941. The Balaban J connectivity index is 1.69. The molecular formula is C20H14F3N5O2. The Hall–Kier alpha value is -3.95. The van der Waals surface area contributed by atoms with Gasteiger partial charge in [0.05, 0.1) is 5.69 Å². The smallest absolute Gasteiger partial charge is 0.322 e. The highest BCUT2D eigenvalue weighted by atomic mass is 19.1. The number of aryl methyl sites for hydroxylation is 1. The lowest BCUT2D eigenvalue weighted by atomic mass is 10.2. The van der Waals surface area contributed by atoms with E-state index in [0.717, 1.165) is 16.8 Å². The van der Waals surface area contributed by atoms with Gasteiger partial charge in [0.15, 0.2) is 5.65 Å². The Morgan fingerprint density at radius 1 is 1.03 bits per heavy atom. The number of benzene rings is 2. The summed E-state index contributed by atoms with van der Waals surface area (Å²) in [4.78, 5) is 29.5. The van der Waals surface area contributed by atoms with Crippen molar-refractivity contribution in [3.8, 4) is 11.4 Å². The summed E-state index contributed by atoms with van der Waals surface area (Å²) in [6, 6.07) is 9.71. The van der Waals surface area contributed by atoms with Crippen LogP contribution in [0.1, 0.15) is 5.69 Å². The summed E-state index contributed by atoms with van der Waals surface area (Å²) in [5.41, 5.74) is 0.434. The molecule has 1 amide bonds. The van der Waals surface area contributed by atoms with Gasteiger partial charge in [-0.1, -0.05) is 0 Å². The van der Waals surface area contributed by atoms with E-state index >= 15 is 0 Å². The molecule has 0 unspecified atom stereocenters. The number of anilines is 1. The zero-order valence-corrected chi connectivity index (χ0v) is 15.6. The van der Waals surface area contributed by atoms with Crippen molar-refractivity contribution in [1.82, 2.24) is 19.2 Å². The number of hydrogen-bond donors (Lipinski definition) is 1. The van der Waals surface area contributed by atoms with Crippen molar-refractivity contribution in [2.24, 2.45) is 0 Å². The first-order chi connectivity index (χ1) is 14.3. The minimum absolute atomic E-state index is 0.220. The molecule has 4 rings (SSSR count). The predicted molar refractivity (Wildman–Crippen MR) is 102 cm³/mol. The molecule has 0 aliphatic rings. The predicted octanol–water partition coefficient (Wildman–Crippen LogP) is 2.92. The highest BCUT2D eigenvalue weighted by Gasteiger charge is 2.17. The van der Waals surface area contributed by atoms with Gasteiger partial charge in [0.2, 0.25) is 5.91 Å². The molecule has 1 N–H and O–H groups in total. The van der Waals surface area contributed by atoms with Crippen LogP contribution in [-0.2, 0) is 11.3 Å². The van der Waals surface area contributed by atoms with Gasteiger partial charge in [-0.2, -0.15) is 0 Å². The molecule has 0 saturated heterocycles. The molecule has 0 bridgehead atoms. The summed E-state index contributed by atoms with van der Waals surface area (Å²) in [6.07, 6.45) is 0. The SMILES string of the molecule is Cc1cc2nn(CC(=O)Nc3ccc(F)cc3F)c(=O)n2c(-c2ccc(F)cc2)n1. The van der Waals surface area contributed by atoms with Gasteiger partial charge in [-0.05, 0) is 43.3 Å². The highest BCUT2D eigenvalue weighted by molar-refractivity contribution is 5.90. The van der Waals surface area contributed by atoms with Crippen LogP contribution in [0.3, 0.4) is 0 Å². The van der Waals surface area contributed by atoms with E-state index in [4.69, 9.17) is 0 Å². The van der Waals surface area contributed by atoms with E-state index in [2.05, 4.69) is 15.4 Å². The Bertz CT molecular complexity index is 1330. The van der Waals surface area contributed by atoms with Crippen LogP contribution in [0.25, 0.3) is 17.0 Å². The Labute approximate surface area is 167 Å². The third kappa shape index (κ3) is 3.66. The quantitative estimate of drug-likeness (QED) is 0.558. The van der Waals surface area contributed by atoms with Crippen LogP contribution in [-0.4, -0.2) is 25.1 Å². The maximum absolute atomic E-state index is 13.7. The molecule has 0 fully saturated rings. The van der Waals surface area contributed by atoms with Crippen molar-refractivity contribution in [3.05, 3.63) is 82.2 Å². The standard InChI is InChI=1S/C20H14F3N5O2/c1-11-8-17-26-27(10-18(29)25-16-7-6-14(22)9-15(16)23)20(30)28(17)19(24-11)12-2-4-13(21)5-3-12/h2-9H,10H2,1H3,(H,25,29). The van der Waals surface area contributed by atoms with Gasteiger partial charge in [0.25, 0.3) is 0 Å². The number of hydrogen-bond acceptors (Lipinski definition) is 4. The third-order valence-corrected chi connectivity index (χ3v) is 4.30. The van der Waals surface area contributed by atoms with Gasteiger partial charge in [-0.3, -0.25) is 4.79 Å². The van der Waals surface area contributed by atoms with Crippen LogP contribution >= 0.6 is 0 Å². The fourth-order valence-corrected chi connectivity index (χ4v) is 2.97. The first-order valence-corrected chi connectivity index (χ1v) is 8.80. The molecule has 0 aliphatic carbocycles. The van der Waals surface area contributed by atoms with Gasteiger partial charge in [-0.15, -0.1) is 5.10 Å². The number of halogens is 3. The number of fused-ring (bicyclic) bond motifs is 1. The molecule has 0 atom stereocenters. The molecular weight excluding hydrogens is 399 g/mol. The van der Waals surface area contributed by atoms with Gasteiger partial charge in [0, 0.05) is 23.4 Å². The molecule has 10 heteroatoms. The number of amides is 1. The molecule has 7 nitrogen and oxygen atoms in total. The summed E-state index contributed by atoms with van der Waals surface area (Å²) in [5, 5.41) is 6.41. The molecule has 2 aromatic carbocycles. The summed E-state index contributed by atoms with van der Waals surface area (Å²) >= 11 is 0. The van der Waals surface area contributed by atoms with E-state index < -0.39 is 35.6 Å². The molecule has 0 radical (unpaired) electrons. The lowest BCUT2D eigenvalue weighted by Gasteiger charge is -2.06. The molecule has 0 saturated carbocycles. The average molecular weight is 413 g/mol. The number of aromatic nitrogens is 4. The van der Waals surface area contributed by atoms with E-state index in [0.29, 0.717) is 17.3 Å². The first kappa shape index (κ1) is 19.4. The molecule has 2 heterocycles. The van der Waals surface area contributed by atoms with E-state index in [9.17, 15) is 22.8 Å². The summed E-state index contributed by atoms with van der Waals surface area (Å²) in [7, 11) is 0. The highest BCUT2D eigenvalue weighted by Crippen LogP contribution is 2.19. The lowest BCUT2D eigenvalue weighted by Crippen LogP contribution is -2.29. The largest absolute Gasteiger partial charge is 0.352 e. The average Bonchev–Trinajstić information content (AvgIpc) is 2.99. The van der Waals surface area contributed by atoms with Gasteiger partial charge in [0.1, 0.15) is 29.8 Å². The number of rotatable bonds is 4. The van der Waals surface area contributed by atoms with Crippen LogP contribution in [0.15, 0.2) is 53.3 Å². The first-order valence-electron chi connectivity index (χ1n) is 8.80. The van der Waals surface area contributed by atoms with Gasteiger partial charge in [-0.25, -0.2) is 32.0 Å². The van der Waals surface area contributed by atoms with Crippen LogP contribution in [0.2, 0.25) is 0 Å². The van der Waals surface area contributed by atoms with Crippen LogP contribution in [0.4, 0.5) is 18.9 Å². The second kappa shape index (κ2) is 7.47. The van der Waals surface area contributed by atoms with Crippen molar-refractivity contribution >= 4 is 17.2 Å². The number of carbonyl (C=O) groups is 1. The molecule has 152 valence electrons. The van der Waals surface area contributed by atoms with E-state index in [-0.39, 0.29) is 17.2 Å². The maximum atomic E-state index is 13.7. The van der Waals surface area contributed by atoms with Crippen molar-refractivity contribution in [3.63, 3.8) is 0 Å². The number of carbonyl (C=O) groups excluding carboxylic acids is 1. The lowest BCUT2D eigenvalue weighted by molar-refractivity contribution is -0.117. The summed E-state index contributed by atoms with van der Waals surface area (Å²) < 4.78 is 42.1. The molecule has 0 aliphatic heterocycles.